The highest BCUT2D eigenvalue weighted by atomic mass is 16.5. The first-order chi connectivity index (χ1) is 7.62. The molecular formula is C13H27NO2. The van der Waals surface area contributed by atoms with Gasteiger partial charge in [0.15, 0.2) is 0 Å². The lowest BCUT2D eigenvalue weighted by atomic mass is 9.81. The van der Waals surface area contributed by atoms with Gasteiger partial charge in [-0.2, -0.15) is 0 Å². The maximum Gasteiger partial charge on any atom is 0.0614 e. The van der Waals surface area contributed by atoms with E-state index in [4.69, 9.17) is 4.74 Å². The smallest absolute Gasteiger partial charge is 0.0614 e. The van der Waals surface area contributed by atoms with Gasteiger partial charge in [0.25, 0.3) is 0 Å². The summed E-state index contributed by atoms with van der Waals surface area (Å²) in [4.78, 5) is 0. The minimum absolute atomic E-state index is 0.0965. The fourth-order valence-electron chi connectivity index (χ4n) is 2.37. The standard InChI is InChI=1S/C13H27NO2/c1-11(2)6-8-16-12-5-4-7-13(9-12,10-15)14-3/h11-12,14-15H,4-10H2,1-3H3. The molecule has 2 N–H and O–H groups in total. The second kappa shape index (κ2) is 6.58. The van der Waals surface area contributed by atoms with E-state index >= 15 is 0 Å². The van der Waals surface area contributed by atoms with E-state index in [9.17, 15) is 5.11 Å². The topological polar surface area (TPSA) is 41.5 Å². The molecule has 0 aromatic carbocycles. The van der Waals surface area contributed by atoms with Crippen molar-refractivity contribution in [3.8, 4) is 0 Å². The monoisotopic (exact) mass is 229 g/mol. The zero-order valence-electron chi connectivity index (χ0n) is 11.0. The Kier molecular flexibility index (Phi) is 5.73. The number of aliphatic hydroxyl groups excluding tert-OH is 1. The molecule has 1 saturated carbocycles. The highest BCUT2D eigenvalue weighted by molar-refractivity contribution is 4.92. The molecular weight excluding hydrogens is 202 g/mol. The summed E-state index contributed by atoms with van der Waals surface area (Å²) in [5.41, 5.74) is -0.0965. The highest BCUT2D eigenvalue weighted by Gasteiger charge is 2.34. The predicted molar refractivity (Wildman–Crippen MR) is 66.5 cm³/mol. The molecule has 16 heavy (non-hydrogen) atoms. The van der Waals surface area contributed by atoms with Gasteiger partial charge in [0.1, 0.15) is 0 Å². The second-order valence-corrected chi connectivity index (χ2v) is 5.46. The average Bonchev–Trinajstić information content (AvgIpc) is 2.29. The van der Waals surface area contributed by atoms with Crippen LogP contribution in [0.1, 0.15) is 46.0 Å². The Hall–Kier alpha value is -0.120. The Morgan fingerprint density at radius 2 is 2.25 bits per heavy atom. The maximum atomic E-state index is 9.45. The number of nitrogens with one attached hydrogen (secondary N) is 1. The van der Waals surface area contributed by atoms with Gasteiger partial charge in [-0.25, -0.2) is 0 Å². The van der Waals surface area contributed by atoms with Gasteiger partial charge in [-0.15, -0.1) is 0 Å². The van der Waals surface area contributed by atoms with Crippen molar-refractivity contribution < 1.29 is 9.84 Å². The van der Waals surface area contributed by atoms with Crippen molar-refractivity contribution in [1.29, 1.82) is 0 Å². The summed E-state index contributed by atoms with van der Waals surface area (Å²) in [5, 5.41) is 12.7. The van der Waals surface area contributed by atoms with E-state index in [0.717, 1.165) is 38.7 Å². The molecule has 0 aliphatic heterocycles. The first-order valence-corrected chi connectivity index (χ1v) is 6.53. The highest BCUT2D eigenvalue weighted by Crippen LogP contribution is 2.29. The molecule has 0 spiro atoms. The summed E-state index contributed by atoms with van der Waals surface area (Å²) in [6, 6.07) is 0. The molecule has 2 atom stereocenters. The predicted octanol–water partition coefficient (Wildman–Crippen LogP) is 1.94. The zero-order chi connectivity index (χ0) is 12.0. The normalized spacial score (nSPS) is 30.9. The van der Waals surface area contributed by atoms with Gasteiger partial charge >= 0.3 is 0 Å². The van der Waals surface area contributed by atoms with Crippen molar-refractivity contribution in [3.05, 3.63) is 0 Å². The molecule has 0 amide bonds. The average molecular weight is 229 g/mol. The first kappa shape index (κ1) is 13.9. The summed E-state index contributed by atoms with van der Waals surface area (Å²) >= 11 is 0. The van der Waals surface area contributed by atoms with E-state index in [0.29, 0.717) is 12.0 Å². The fourth-order valence-corrected chi connectivity index (χ4v) is 2.37. The van der Waals surface area contributed by atoms with Crippen LogP contribution in [0.2, 0.25) is 0 Å². The quantitative estimate of drug-likeness (QED) is 0.731. The summed E-state index contributed by atoms with van der Waals surface area (Å²) < 4.78 is 5.90. The lowest BCUT2D eigenvalue weighted by Gasteiger charge is -2.39. The van der Waals surface area contributed by atoms with Crippen LogP contribution in [0.15, 0.2) is 0 Å². The molecule has 3 heteroatoms. The van der Waals surface area contributed by atoms with Crippen molar-refractivity contribution in [1.82, 2.24) is 5.32 Å². The van der Waals surface area contributed by atoms with Gasteiger partial charge in [-0.05, 0) is 45.1 Å². The number of ether oxygens (including phenoxy) is 1. The molecule has 2 unspecified atom stereocenters. The molecule has 1 rings (SSSR count). The SMILES string of the molecule is CNC1(CO)CCCC(OCCC(C)C)C1. The number of rotatable bonds is 6. The third kappa shape index (κ3) is 4.04. The van der Waals surface area contributed by atoms with Crippen LogP contribution in [0.3, 0.4) is 0 Å². The fraction of sp³-hybridized carbons (Fsp3) is 1.00. The molecule has 1 aliphatic carbocycles. The van der Waals surface area contributed by atoms with E-state index in [1.165, 1.54) is 0 Å². The van der Waals surface area contributed by atoms with Crippen molar-refractivity contribution in [2.75, 3.05) is 20.3 Å². The van der Waals surface area contributed by atoms with Gasteiger partial charge < -0.3 is 15.2 Å². The van der Waals surface area contributed by atoms with Crippen molar-refractivity contribution in [3.63, 3.8) is 0 Å². The molecule has 0 heterocycles. The summed E-state index contributed by atoms with van der Waals surface area (Å²) in [6.45, 7) is 5.51. The van der Waals surface area contributed by atoms with Crippen LogP contribution in [0, 0.1) is 5.92 Å². The largest absolute Gasteiger partial charge is 0.394 e. The third-order valence-electron chi connectivity index (χ3n) is 3.68. The summed E-state index contributed by atoms with van der Waals surface area (Å²) in [7, 11) is 1.94. The van der Waals surface area contributed by atoms with Crippen molar-refractivity contribution in [2.24, 2.45) is 5.92 Å². The van der Waals surface area contributed by atoms with Crippen LogP contribution in [0.4, 0.5) is 0 Å². The molecule has 0 aromatic heterocycles. The maximum absolute atomic E-state index is 9.45. The molecule has 1 fully saturated rings. The van der Waals surface area contributed by atoms with Crippen LogP contribution in [0.5, 0.6) is 0 Å². The molecule has 0 bridgehead atoms. The molecule has 1 aliphatic rings. The lowest BCUT2D eigenvalue weighted by Crippen LogP contribution is -2.51. The number of aliphatic hydroxyl groups is 1. The number of hydrogen-bond acceptors (Lipinski definition) is 3. The minimum Gasteiger partial charge on any atom is -0.394 e. The van der Waals surface area contributed by atoms with Crippen molar-refractivity contribution in [2.45, 2.75) is 57.6 Å². The van der Waals surface area contributed by atoms with E-state index in [1.807, 2.05) is 7.05 Å². The van der Waals surface area contributed by atoms with E-state index in [2.05, 4.69) is 19.2 Å². The number of likely N-dealkylation sites (N-methyl/N-ethyl adjacent to an activating group) is 1. The van der Waals surface area contributed by atoms with Crippen LogP contribution in [-0.2, 0) is 4.74 Å². The first-order valence-electron chi connectivity index (χ1n) is 6.53. The number of hydrogen-bond donors (Lipinski definition) is 2. The Morgan fingerprint density at radius 3 is 2.81 bits per heavy atom. The second-order valence-electron chi connectivity index (χ2n) is 5.46. The van der Waals surface area contributed by atoms with E-state index in [1.54, 1.807) is 0 Å². The molecule has 96 valence electrons. The lowest BCUT2D eigenvalue weighted by molar-refractivity contribution is -0.0170. The minimum atomic E-state index is -0.0965. The Balaban J connectivity index is 2.32. The molecule has 0 aromatic rings. The zero-order valence-corrected chi connectivity index (χ0v) is 11.0. The van der Waals surface area contributed by atoms with Gasteiger partial charge in [0.2, 0.25) is 0 Å². The van der Waals surface area contributed by atoms with Gasteiger partial charge in [-0.3, -0.25) is 0 Å². The Bertz CT molecular complexity index is 190. The summed E-state index contributed by atoms with van der Waals surface area (Å²) in [5.74, 6) is 0.704. The molecule has 3 nitrogen and oxygen atoms in total. The molecule has 0 saturated heterocycles. The Labute approximate surface area is 99.6 Å². The van der Waals surface area contributed by atoms with Crippen molar-refractivity contribution >= 4 is 0 Å². The van der Waals surface area contributed by atoms with Crippen LogP contribution in [-0.4, -0.2) is 37.0 Å². The van der Waals surface area contributed by atoms with Crippen LogP contribution in [0.25, 0.3) is 0 Å². The molecule has 0 radical (unpaired) electrons. The Morgan fingerprint density at radius 1 is 1.50 bits per heavy atom. The van der Waals surface area contributed by atoms with E-state index < -0.39 is 0 Å². The van der Waals surface area contributed by atoms with Gasteiger partial charge in [-0.1, -0.05) is 13.8 Å². The van der Waals surface area contributed by atoms with E-state index in [-0.39, 0.29) is 12.1 Å². The van der Waals surface area contributed by atoms with Crippen LogP contribution < -0.4 is 5.32 Å². The van der Waals surface area contributed by atoms with Gasteiger partial charge in [0, 0.05) is 12.1 Å². The van der Waals surface area contributed by atoms with Crippen LogP contribution >= 0.6 is 0 Å². The summed E-state index contributed by atoms with van der Waals surface area (Å²) in [6.07, 6.45) is 5.74. The van der Waals surface area contributed by atoms with Gasteiger partial charge in [0.05, 0.1) is 12.7 Å². The third-order valence-corrected chi connectivity index (χ3v) is 3.68.